The first-order valence-corrected chi connectivity index (χ1v) is 7.11. The van der Waals surface area contributed by atoms with Crippen molar-refractivity contribution in [3.05, 3.63) is 0 Å². The van der Waals surface area contributed by atoms with Crippen molar-refractivity contribution in [2.24, 2.45) is 11.3 Å². The van der Waals surface area contributed by atoms with E-state index in [2.05, 4.69) is 24.5 Å². The van der Waals surface area contributed by atoms with Crippen LogP contribution in [0.4, 0.5) is 0 Å². The minimum Gasteiger partial charge on any atom is -0.381 e. The van der Waals surface area contributed by atoms with Gasteiger partial charge < -0.3 is 15.4 Å². The summed E-state index contributed by atoms with van der Waals surface area (Å²) >= 11 is 0. The quantitative estimate of drug-likeness (QED) is 0.768. The Balaban J connectivity index is 1.63. The number of ether oxygens (including phenoxy) is 1. The molecule has 1 heterocycles. The molecule has 17 heavy (non-hydrogen) atoms. The summed E-state index contributed by atoms with van der Waals surface area (Å²) in [5, 5.41) is 7.15. The summed E-state index contributed by atoms with van der Waals surface area (Å²) in [6, 6.07) is 0.647. The molecule has 2 N–H and O–H groups in total. The van der Waals surface area contributed by atoms with Gasteiger partial charge in [-0.3, -0.25) is 0 Å². The van der Waals surface area contributed by atoms with E-state index in [1.54, 1.807) is 0 Å². The smallest absolute Gasteiger partial charge is 0.0652 e. The summed E-state index contributed by atoms with van der Waals surface area (Å²) in [5.41, 5.74) is 0.308. The minimum atomic E-state index is 0.308. The fraction of sp³-hybridized carbons (Fsp3) is 1.00. The van der Waals surface area contributed by atoms with Crippen LogP contribution in [0, 0.1) is 11.3 Å². The lowest BCUT2D eigenvalue weighted by Crippen LogP contribution is -2.60. The summed E-state index contributed by atoms with van der Waals surface area (Å²) in [6.45, 7) is 8.23. The van der Waals surface area contributed by atoms with Crippen molar-refractivity contribution in [1.82, 2.24) is 10.6 Å². The van der Waals surface area contributed by atoms with Crippen molar-refractivity contribution < 1.29 is 4.74 Å². The zero-order chi connectivity index (χ0) is 12.3. The van der Waals surface area contributed by atoms with Gasteiger partial charge in [-0.1, -0.05) is 13.8 Å². The maximum atomic E-state index is 5.48. The van der Waals surface area contributed by atoms with Crippen molar-refractivity contribution in [2.75, 3.05) is 26.7 Å². The molecule has 2 aliphatic rings. The highest BCUT2D eigenvalue weighted by Gasteiger charge is 2.48. The van der Waals surface area contributed by atoms with Crippen LogP contribution in [-0.4, -0.2) is 38.9 Å². The Morgan fingerprint density at radius 1 is 1.29 bits per heavy atom. The van der Waals surface area contributed by atoms with E-state index in [4.69, 9.17) is 4.74 Å². The first kappa shape index (κ1) is 13.3. The third kappa shape index (κ3) is 3.01. The Bertz CT molecular complexity index is 236. The Morgan fingerprint density at radius 2 is 2.00 bits per heavy atom. The first-order valence-electron chi connectivity index (χ1n) is 7.11. The molecule has 0 aromatic rings. The normalized spacial score (nSPS) is 33.4. The van der Waals surface area contributed by atoms with Gasteiger partial charge in [-0.2, -0.15) is 0 Å². The molecule has 2 unspecified atom stereocenters. The van der Waals surface area contributed by atoms with Gasteiger partial charge in [0.2, 0.25) is 0 Å². The predicted octanol–water partition coefficient (Wildman–Crippen LogP) is 1.78. The highest BCUT2D eigenvalue weighted by atomic mass is 16.5. The highest BCUT2D eigenvalue weighted by molar-refractivity contribution is 5.02. The van der Waals surface area contributed by atoms with Crippen LogP contribution >= 0.6 is 0 Å². The Hall–Kier alpha value is -0.120. The van der Waals surface area contributed by atoms with Crippen LogP contribution in [0.3, 0.4) is 0 Å². The summed E-state index contributed by atoms with van der Waals surface area (Å²) in [5.74, 6) is 0.935. The maximum absolute atomic E-state index is 5.48. The van der Waals surface area contributed by atoms with Gasteiger partial charge in [-0.25, -0.2) is 0 Å². The van der Waals surface area contributed by atoms with Crippen molar-refractivity contribution in [3.8, 4) is 0 Å². The summed E-state index contributed by atoms with van der Waals surface area (Å²) < 4.78 is 5.48. The lowest BCUT2D eigenvalue weighted by molar-refractivity contribution is -0.0975. The maximum Gasteiger partial charge on any atom is 0.0652 e. The number of piperidine rings is 1. The van der Waals surface area contributed by atoms with Crippen molar-refractivity contribution >= 4 is 0 Å². The van der Waals surface area contributed by atoms with Crippen LogP contribution in [0.1, 0.15) is 39.5 Å². The number of methoxy groups -OCH3 is 1. The summed E-state index contributed by atoms with van der Waals surface area (Å²) in [4.78, 5) is 0. The Morgan fingerprint density at radius 3 is 2.59 bits per heavy atom. The summed E-state index contributed by atoms with van der Waals surface area (Å²) in [6.07, 6.45) is 5.67. The van der Waals surface area contributed by atoms with Gasteiger partial charge in [0.1, 0.15) is 0 Å². The zero-order valence-corrected chi connectivity index (χ0v) is 11.6. The summed E-state index contributed by atoms with van der Waals surface area (Å²) in [7, 11) is 1.83. The van der Waals surface area contributed by atoms with E-state index in [-0.39, 0.29) is 0 Å². The van der Waals surface area contributed by atoms with E-state index in [9.17, 15) is 0 Å². The molecule has 2 rings (SSSR count). The molecule has 0 aromatic heterocycles. The number of rotatable bonds is 5. The predicted molar refractivity (Wildman–Crippen MR) is 71.2 cm³/mol. The van der Waals surface area contributed by atoms with Gasteiger partial charge in [0.25, 0.3) is 0 Å². The molecular formula is C14H28N2O. The zero-order valence-electron chi connectivity index (χ0n) is 11.6. The van der Waals surface area contributed by atoms with Gasteiger partial charge in [0.05, 0.1) is 6.10 Å². The van der Waals surface area contributed by atoms with E-state index in [0.29, 0.717) is 17.6 Å². The highest BCUT2D eigenvalue weighted by Crippen LogP contribution is 2.42. The molecular weight excluding hydrogens is 212 g/mol. The molecule has 3 nitrogen and oxygen atoms in total. The monoisotopic (exact) mass is 240 g/mol. The SMILES string of the molecule is COC1CC(NCCC2CCNCC2)C1(C)C. The van der Waals surface area contributed by atoms with E-state index < -0.39 is 0 Å². The second-order valence-electron chi connectivity index (χ2n) is 6.27. The second-order valence-corrected chi connectivity index (χ2v) is 6.27. The fourth-order valence-electron chi connectivity index (χ4n) is 3.26. The van der Waals surface area contributed by atoms with Crippen molar-refractivity contribution in [1.29, 1.82) is 0 Å². The van der Waals surface area contributed by atoms with Crippen LogP contribution in [0.2, 0.25) is 0 Å². The molecule has 2 atom stereocenters. The average molecular weight is 240 g/mol. The molecule has 1 saturated heterocycles. The van der Waals surface area contributed by atoms with Gasteiger partial charge in [-0.15, -0.1) is 0 Å². The minimum absolute atomic E-state index is 0.308. The van der Waals surface area contributed by atoms with Crippen LogP contribution in [0.5, 0.6) is 0 Å². The standard InChI is InChI=1S/C14H28N2O/c1-14(2)12(10-13(14)17-3)16-9-6-11-4-7-15-8-5-11/h11-13,15-16H,4-10H2,1-3H3. The number of nitrogens with one attached hydrogen (secondary N) is 2. The molecule has 100 valence electrons. The van der Waals surface area contributed by atoms with Gasteiger partial charge in [-0.05, 0) is 51.2 Å². The van der Waals surface area contributed by atoms with Gasteiger partial charge in [0.15, 0.2) is 0 Å². The molecule has 1 aliphatic heterocycles. The van der Waals surface area contributed by atoms with Crippen molar-refractivity contribution in [3.63, 3.8) is 0 Å². The Labute approximate surface area is 106 Å². The molecule has 0 spiro atoms. The molecule has 1 aliphatic carbocycles. The van der Waals surface area contributed by atoms with E-state index >= 15 is 0 Å². The average Bonchev–Trinajstić information content (AvgIpc) is 2.34. The molecule has 0 aromatic carbocycles. The third-order valence-electron chi connectivity index (χ3n) is 4.86. The second kappa shape index (κ2) is 5.68. The van der Waals surface area contributed by atoms with Gasteiger partial charge >= 0.3 is 0 Å². The van der Waals surface area contributed by atoms with Gasteiger partial charge in [0, 0.05) is 18.6 Å². The van der Waals surface area contributed by atoms with E-state index in [1.807, 2.05) is 7.11 Å². The van der Waals surface area contributed by atoms with Crippen LogP contribution in [0.15, 0.2) is 0 Å². The fourth-order valence-corrected chi connectivity index (χ4v) is 3.26. The molecule has 0 amide bonds. The first-order chi connectivity index (χ1) is 8.14. The lowest BCUT2D eigenvalue weighted by Gasteiger charge is -2.51. The topological polar surface area (TPSA) is 33.3 Å². The Kier molecular flexibility index (Phi) is 4.45. The number of hydrogen-bond acceptors (Lipinski definition) is 3. The molecule has 3 heteroatoms. The third-order valence-corrected chi connectivity index (χ3v) is 4.86. The largest absolute Gasteiger partial charge is 0.381 e. The van der Waals surface area contributed by atoms with Crippen LogP contribution in [0.25, 0.3) is 0 Å². The van der Waals surface area contributed by atoms with Crippen LogP contribution < -0.4 is 10.6 Å². The molecule has 2 fully saturated rings. The molecule has 1 saturated carbocycles. The van der Waals surface area contributed by atoms with E-state index in [0.717, 1.165) is 5.92 Å². The molecule has 0 radical (unpaired) electrons. The van der Waals surface area contributed by atoms with E-state index in [1.165, 1.54) is 45.3 Å². The van der Waals surface area contributed by atoms with Crippen LogP contribution in [-0.2, 0) is 4.74 Å². The number of hydrogen-bond donors (Lipinski definition) is 2. The lowest BCUT2D eigenvalue weighted by atomic mass is 9.64. The van der Waals surface area contributed by atoms with Crippen molar-refractivity contribution in [2.45, 2.75) is 51.7 Å². The molecule has 0 bridgehead atoms.